The third-order valence-corrected chi connectivity index (χ3v) is 0.642. The average molecular weight is 135 g/mol. The van der Waals surface area contributed by atoms with E-state index in [2.05, 4.69) is 4.74 Å². The number of carbonyl (C=O) groups excluding carboxylic acids is 1. The van der Waals surface area contributed by atoms with Crippen molar-refractivity contribution in [2.45, 2.75) is 13.3 Å². The fourth-order valence-electron chi connectivity index (χ4n) is 0.185. The van der Waals surface area contributed by atoms with E-state index in [0.717, 1.165) is 11.8 Å². The first-order valence-corrected chi connectivity index (χ1v) is 2.69. The maximum Gasteiger partial charge on any atom is 0.310 e. The average Bonchev–Trinajstić information content (AvgIpc) is 1.83. The van der Waals surface area contributed by atoms with Gasteiger partial charge >= 0.3 is 5.97 Å². The summed E-state index contributed by atoms with van der Waals surface area (Å²) in [5.74, 6) is -0.276. The van der Waals surface area contributed by atoms with Crippen LogP contribution < -0.4 is 0 Å². The van der Waals surface area contributed by atoms with Gasteiger partial charge < -0.3 is 4.74 Å². The fraction of sp³-hybridized carbons (Fsp3) is 0.400. The Kier molecular flexibility index (Phi) is 4.36. The van der Waals surface area contributed by atoms with Crippen molar-refractivity contribution in [2.24, 2.45) is 0 Å². The third-order valence-electron chi connectivity index (χ3n) is 0.540. The molecule has 3 heteroatoms. The molecular weight excluding hydrogens is 128 g/mol. The lowest BCUT2D eigenvalue weighted by molar-refractivity contribution is -0.137. The molecule has 0 unspecified atom stereocenters. The van der Waals surface area contributed by atoms with Gasteiger partial charge in [-0.15, -0.1) is 0 Å². The minimum absolute atomic E-state index is 0.276. The van der Waals surface area contributed by atoms with Crippen molar-refractivity contribution in [3.8, 4) is 0 Å². The minimum Gasteiger partial charge on any atom is -0.434 e. The molecule has 8 heavy (non-hydrogen) atoms. The van der Waals surface area contributed by atoms with Crippen LogP contribution >= 0.6 is 11.6 Å². The molecule has 0 aromatic carbocycles. The molecule has 0 saturated carbocycles. The zero-order chi connectivity index (χ0) is 6.41. The van der Waals surface area contributed by atoms with Gasteiger partial charge in [-0.2, -0.15) is 0 Å². The minimum atomic E-state index is -0.276. The molecular formula is C5H7ClO2. The topological polar surface area (TPSA) is 26.3 Å². The van der Waals surface area contributed by atoms with Crippen molar-refractivity contribution in [1.82, 2.24) is 0 Å². The van der Waals surface area contributed by atoms with Crippen LogP contribution in [0.1, 0.15) is 13.3 Å². The Morgan fingerprint density at radius 3 is 2.88 bits per heavy atom. The SMILES string of the molecule is CCC(=O)OC=CCl. The molecule has 0 fully saturated rings. The van der Waals surface area contributed by atoms with Gasteiger partial charge in [0.25, 0.3) is 0 Å². The number of ether oxygens (including phenoxy) is 1. The zero-order valence-corrected chi connectivity index (χ0v) is 5.31. The van der Waals surface area contributed by atoms with Crippen molar-refractivity contribution >= 4 is 17.6 Å². The molecule has 0 heterocycles. The number of carbonyl (C=O) groups is 1. The highest BCUT2D eigenvalue weighted by Crippen LogP contribution is 1.86. The van der Waals surface area contributed by atoms with Crippen molar-refractivity contribution in [3.63, 3.8) is 0 Å². The van der Waals surface area contributed by atoms with Gasteiger partial charge in [0, 0.05) is 12.0 Å². The van der Waals surface area contributed by atoms with Gasteiger partial charge in [0.05, 0.1) is 0 Å². The van der Waals surface area contributed by atoms with Crippen LogP contribution in [0.25, 0.3) is 0 Å². The molecule has 0 aliphatic rings. The van der Waals surface area contributed by atoms with E-state index in [4.69, 9.17) is 11.6 Å². The second-order valence-electron chi connectivity index (χ2n) is 1.11. The Balaban J connectivity index is 3.25. The summed E-state index contributed by atoms with van der Waals surface area (Å²) >= 11 is 5.04. The van der Waals surface area contributed by atoms with E-state index in [0.29, 0.717) is 6.42 Å². The molecule has 0 saturated heterocycles. The molecule has 0 aliphatic heterocycles. The van der Waals surface area contributed by atoms with E-state index in [1.807, 2.05) is 0 Å². The zero-order valence-electron chi connectivity index (χ0n) is 4.56. The van der Waals surface area contributed by atoms with Crippen LogP contribution in [0, 0.1) is 0 Å². The van der Waals surface area contributed by atoms with Gasteiger partial charge in [-0.25, -0.2) is 0 Å². The second-order valence-corrected chi connectivity index (χ2v) is 1.36. The smallest absolute Gasteiger partial charge is 0.310 e. The highest BCUT2D eigenvalue weighted by atomic mass is 35.5. The molecule has 0 rings (SSSR count). The molecule has 0 aromatic heterocycles. The summed E-state index contributed by atoms with van der Waals surface area (Å²) in [5, 5.41) is 0. The van der Waals surface area contributed by atoms with Gasteiger partial charge in [-0.3, -0.25) is 4.79 Å². The first-order chi connectivity index (χ1) is 3.81. The fourth-order valence-corrected chi connectivity index (χ4v) is 0.236. The summed E-state index contributed by atoms with van der Waals surface area (Å²) < 4.78 is 4.39. The second kappa shape index (κ2) is 4.65. The number of rotatable bonds is 2. The van der Waals surface area contributed by atoms with E-state index < -0.39 is 0 Å². The Morgan fingerprint density at radius 2 is 2.50 bits per heavy atom. The number of hydrogen-bond acceptors (Lipinski definition) is 2. The van der Waals surface area contributed by atoms with E-state index in [9.17, 15) is 4.79 Å². The largest absolute Gasteiger partial charge is 0.434 e. The quantitative estimate of drug-likeness (QED) is 0.424. The third kappa shape index (κ3) is 3.68. The van der Waals surface area contributed by atoms with Crippen LogP contribution in [-0.4, -0.2) is 5.97 Å². The maximum absolute atomic E-state index is 10.2. The summed E-state index contributed by atoms with van der Waals surface area (Å²) in [6.45, 7) is 1.71. The normalized spacial score (nSPS) is 9.75. The summed E-state index contributed by atoms with van der Waals surface area (Å²) in [7, 11) is 0. The lowest BCUT2D eigenvalue weighted by Crippen LogP contribution is -1.94. The molecule has 0 atom stereocenters. The van der Waals surface area contributed by atoms with Crippen molar-refractivity contribution in [2.75, 3.05) is 0 Å². The Bertz CT molecular complexity index is 98.6. The summed E-state index contributed by atoms with van der Waals surface area (Å²) in [4.78, 5) is 10.2. The van der Waals surface area contributed by atoms with E-state index in [1.165, 1.54) is 0 Å². The van der Waals surface area contributed by atoms with Crippen LogP contribution in [-0.2, 0) is 9.53 Å². The molecule has 46 valence electrons. The Labute approximate surface area is 53.1 Å². The molecule has 0 N–H and O–H groups in total. The molecule has 0 aliphatic carbocycles. The first-order valence-electron chi connectivity index (χ1n) is 2.26. The van der Waals surface area contributed by atoms with Crippen LogP contribution in [0.4, 0.5) is 0 Å². The number of hydrogen-bond donors (Lipinski definition) is 0. The highest BCUT2D eigenvalue weighted by molar-refractivity contribution is 6.25. The maximum atomic E-state index is 10.2. The summed E-state index contributed by atoms with van der Waals surface area (Å²) in [6.07, 6.45) is 1.52. The lowest BCUT2D eigenvalue weighted by Gasteiger charge is -1.89. The predicted molar refractivity (Wildman–Crippen MR) is 31.4 cm³/mol. The van der Waals surface area contributed by atoms with Crippen molar-refractivity contribution in [3.05, 3.63) is 11.8 Å². The standard InChI is InChI=1S/C5H7ClO2/c1-2-5(7)8-4-3-6/h3-4H,2H2,1H3. The van der Waals surface area contributed by atoms with Crippen molar-refractivity contribution < 1.29 is 9.53 Å². The predicted octanol–water partition coefficient (Wildman–Crippen LogP) is 1.65. The first kappa shape index (κ1) is 7.50. The van der Waals surface area contributed by atoms with E-state index >= 15 is 0 Å². The summed E-state index contributed by atoms with van der Waals surface area (Å²) in [5.41, 5.74) is 1.15. The van der Waals surface area contributed by atoms with Gasteiger partial charge in [0.15, 0.2) is 0 Å². The monoisotopic (exact) mass is 134 g/mol. The number of esters is 1. The van der Waals surface area contributed by atoms with Gasteiger partial charge in [0.1, 0.15) is 6.26 Å². The van der Waals surface area contributed by atoms with Gasteiger partial charge in [-0.05, 0) is 0 Å². The molecule has 0 amide bonds. The number of halogens is 1. The van der Waals surface area contributed by atoms with Crippen LogP contribution in [0.15, 0.2) is 11.8 Å². The van der Waals surface area contributed by atoms with Gasteiger partial charge in [0.2, 0.25) is 0 Å². The molecule has 0 bridgehead atoms. The Morgan fingerprint density at radius 1 is 1.88 bits per heavy atom. The summed E-state index contributed by atoms with van der Waals surface area (Å²) in [6, 6.07) is 0. The van der Waals surface area contributed by atoms with Gasteiger partial charge in [-0.1, -0.05) is 18.5 Å². The molecule has 2 nitrogen and oxygen atoms in total. The Hall–Kier alpha value is -0.500. The lowest BCUT2D eigenvalue weighted by atomic mass is 10.5. The highest BCUT2D eigenvalue weighted by Gasteiger charge is 1.90. The van der Waals surface area contributed by atoms with Crippen LogP contribution in [0.2, 0.25) is 0 Å². The van der Waals surface area contributed by atoms with E-state index in [-0.39, 0.29) is 5.97 Å². The van der Waals surface area contributed by atoms with E-state index in [1.54, 1.807) is 6.92 Å². The van der Waals surface area contributed by atoms with Crippen molar-refractivity contribution in [1.29, 1.82) is 0 Å². The molecule has 0 aromatic rings. The van der Waals surface area contributed by atoms with Crippen LogP contribution in [0.3, 0.4) is 0 Å². The molecule has 0 radical (unpaired) electrons. The van der Waals surface area contributed by atoms with Crippen LogP contribution in [0.5, 0.6) is 0 Å². The molecule has 0 spiro atoms.